The van der Waals surface area contributed by atoms with Crippen molar-refractivity contribution in [1.29, 1.82) is 0 Å². The lowest BCUT2D eigenvalue weighted by Crippen LogP contribution is -2.58. The maximum atomic E-state index is 12.7. The third kappa shape index (κ3) is 5.36. The summed E-state index contributed by atoms with van der Waals surface area (Å²) in [4.78, 5) is 29.2. The van der Waals surface area contributed by atoms with Crippen LogP contribution in [0.1, 0.15) is 29.4 Å². The lowest BCUT2D eigenvalue weighted by atomic mass is 10.1. The van der Waals surface area contributed by atoms with Gasteiger partial charge in [-0.3, -0.25) is 19.2 Å². The van der Waals surface area contributed by atoms with Crippen LogP contribution in [0.4, 0.5) is 0 Å². The van der Waals surface area contributed by atoms with E-state index in [9.17, 15) is 9.59 Å². The summed E-state index contributed by atoms with van der Waals surface area (Å²) in [5, 5.41) is 8.05. The molecule has 8 heteroatoms. The topological polar surface area (TPSA) is 70.5 Å². The smallest absolute Gasteiger partial charge is 0.274 e. The fourth-order valence-corrected chi connectivity index (χ4v) is 3.69. The van der Waals surface area contributed by atoms with Crippen LogP contribution in [0, 0.1) is 0 Å². The Morgan fingerprint density at radius 2 is 2.03 bits per heavy atom. The molecule has 3 rings (SSSR count). The number of aromatic nitrogens is 2. The molecule has 0 saturated carbocycles. The molecule has 0 spiro atoms. The summed E-state index contributed by atoms with van der Waals surface area (Å²) in [5.41, 5.74) is 1.51. The van der Waals surface area contributed by atoms with Crippen molar-refractivity contribution in [3.63, 3.8) is 0 Å². The van der Waals surface area contributed by atoms with Gasteiger partial charge in [-0.05, 0) is 44.5 Å². The number of aryl methyl sites for hydroxylation is 2. The highest BCUT2D eigenvalue weighted by atomic mass is 35.5. The molecule has 29 heavy (non-hydrogen) atoms. The van der Waals surface area contributed by atoms with Gasteiger partial charge in [-0.2, -0.15) is 5.10 Å². The summed E-state index contributed by atoms with van der Waals surface area (Å²) in [5.74, 6) is -0.176. The Labute approximate surface area is 176 Å². The van der Waals surface area contributed by atoms with Crippen molar-refractivity contribution in [2.24, 2.45) is 0 Å². The van der Waals surface area contributed by atoms with Crippen molar-refractivity contribution in [2.75, 3.05) is 33.2 Å². The van der Waals surface area contributed by atoms with E-state index in [1.165, 1.54) is 0 Å². The van der Waals surface area contributed by atoms with Crippen LogP contribution in [0.25, 0.3) is 0 Å². The molecule has 0 radical (unpaired) electrons. The van der Waals surface area contributed by atoms with E-state index in [0.717, 1.165) is 30.0 Å². The number of likely N-dealkylation sites (N-methyl/N-ethyl adjacent to an activating group) is 1. The molecule has 1 saturated heterocycles. The fourth-order valence-electron chi connectivity index (χ4n) is 3.46. The zero-order valence-electron chi connectivity index (χ0n) is 17.0. The van der Waals surface area contributed by atoms with Gasteiger partial charge in [0.1, 0.15) is 11.7 Å². The average Bonchev–Trinajstić information content (AvgIpc) is 3.21. The second-order valence-corrected chi connectivity index (χ2v) is 7.70. The Hall–Kier alpha value is -2.38. The summed E-state index contributed by atoms with van der Waals surface area (Å²) in [6, 6.07) is 9.12. The zero-order chi connectivity index (χ0) is 20.8. The van der Waals surface area contributed by atoms with E-state index in [4.69, 9.17) is 11.6 Å². The van der Waals surface area contributed by atoms with Crippen LogP contribution < -0.4 is 5.32 Å². The summed E-state index contributed by atoms with van der Waals surface area (Å²) in [6.07, 6.45) is 3.42. The highest BCUT2D eigenvalue weighted by Gasteiger charge is 2.33. The molecule has 7 nitrogen and oxygen atoms in total. The van der Waals surface area contributed by atoms with E-state index in [1.807, 2.05) is 43.1 Å². The predicted molar refractivity (Wildman–Crippen MR) is 113 cm³/mol. The van der Waals surface area contributed by atoms with E-state index in [-0.39, 0.29) is 17.9 Å². The van der Waals surface area contributed by atoms with Gasteiger partial charge in [0.15, 0.2) is 0 Å². The predicted octanol–water partition coefficient (Wildman–Crippen LogP) is 2.06. The lowest BCUT2D eigenvalue weighted by Gasteiger charge is -2.38. The number of hydrogen-bond acceptors (Lipinski definition) is 4. The van der Waals surface area contributed by atoms with Gasteiger partial charge >= 0.3 is 0 Å². The first-order valence-corrected chi connectivity index (χ1v) is 10.4. The second-order valence-electron chi connectivity index (χ2n) is 7.29. The first-order chi connectivity index (χ1) is 14.0. The average molecular weight is 418 g/mol. The minimum Gasteiger partial charge on any atom is -0.355 e. The molecule has 1 fully saturated rings. The number of carbonyl (C=O) groups excluding carboxylic acids is 2. The molecule has 1 N–H and O–H groups in total. The maximum absolute atomic E-state index is 12.7. The third-order valence-electron chi connectivity index (χ3n) is 5.30. The van der Waals surface area contributed by atoms with Crippen molar-refractivity contribution in [1.82, 2.24) is 24.9 Å². The number of carbonyl (C=O) groups is 2. The number of amides is 2. The van der Waals surface area contributed by atoms with Crippen LogP contribution in [-0.4, -0.2) is 70.7 Å². The Morgan fingerprint density at radius 1 is 1.24 bits per heavy atom. The van der Waals surface area contributed by atoms with Crippen LogP contribution in [-0.2, 0) is 17.8 Å². The molecule has 2 amide bonds. The van der Waals surface area contributed by atoms with Gasteiger partial charge in [-0.25, -0.2) is 0 Å². The number of nitrogens with zero attached hydrogens (tertiary/aromatic N) is 4. The summed E-state index contributed by atoms with van der Waals surface area (Å²) in [6.45, 7) is 4.87. The fraction of sp³-hybridized carbons (Fsp3) is 0.476. The minimum atomic E-state index is -0.360. The lowest BCUT2D eigenvalue weighted by molar-refractivity contribution is -0.127. The third-order valence-corrected chi connectivity index (χ3v) is 5.67. The monoisotopic (exact) mass is 417 g/mol. The Kier molecular flexibility index (Phi) is 7.28. The van der Waals surface area contributed by atoms with Crippen molar-refractivity contribution in [3.8, 4) is 0 Å². The van der Waals surface area contributed by atoms with E-state index in [0.29, 0.717) is 31.9 Å². The van der Waals surface area contributed by atoms with Gasteiger partial charge in [0.25, 0.3) is 5.91 Å². The van der Waals surface area contributed by atoms with Crippen molar-refractivity contribution >= 4 is 23.4 Å². The molecule has 1 atom stereocenters. The van der Waals surface area contributed by atoms with Crippen molar-refractivity contribution < 1.29 is 9.59 Å². The molecule has 1 aliphatic rings. The first kappa shape index (κ1) is 21.3. The number of hydrogen-bond donors (Lipinski definition) is 1. The van der Waals surface area contributed by atoms with Crippen LogP contribution >= 0.6 is 11.6 Å². The molecular weight excluding hydrogens is 390 g/mol. The van der Waals surface area contributed by atoms with E-state index < -0.39 is 0 Å². The van der Waals surface area contributed by atoms with E-state index >= 15 is 0 Å². The zero-order valence-corrected chi connectivity index (χ0v) is 17.7. The second kappa shape index (κ2) is 9.89. The highest BCUT2D eigenvalue weighted by molar-refractivity contribution is 6.31. The molecule has 1 aliphatic heterocycles. The van der Waals surface area contributed by atoms with Gasteiger partial charge < -0.3 is 10.2 Å². The minimum absolute atomic E-state index is 0.0525. The van der Waals surface area contributed by atoms with Gasteiger partial charge in [-0.15, -0.1) is 0 Å². The van der Waals surface area contributed by atoms with Gasteiger partial charge in [-0.1, -0.05) is 29.8 Å². The van der Waals surface area contributed by atoms with Crippen LogP contribution in [0.5, 0.6) is 0 Å². The van der Waals surface area contributed by atoms with Crippen LogP contribution in [0.3, 0.4) is 0 Å². The molecule has 1 aromatic heterocycles. The molecule has 2 heterocycles. The number of piperazine rings is 1. The van der Waals surface area contributed by atoms with E-state index in [1.54, 1.807) is 21.8 Å². The quantitative estimate of drug-likeness (QED) is 0.700. The van der Waals surface area contributed by atoms with Gasteiger partial charge in [0.05, 0.1) is 0 Å². The standard InChI is InChI=1S/C21H28ClN5O2/c1-3-27-12-10-18(24-27)21(29)26-14-13-25(2)19(15-26)20(28)23-11-6-8-16-7-4-5-9-17(16)22/h4-5,7,9-10,12,19H,3,6,8,11,13-15H2,1-2H3,(H,23,28)/t19-/m1/s1. The molecule has 2 aromatic rings. The number of rotatable bonds is 7. The number of benzene rings is 1. The molecular formula is C21H28ClN5O2. The molecule has 0 aliphatic carbocycles. The number of nitrogens with one attached hydrogen (secondary N) is 1. The molecule has 156 valence electrons. The Balaban J connectivity index is 1.51. The van der Waals surface area contributed by atoms with E-state index in [2.05, 4.69) is 10.4 Å². The van der Waals surface area contributed by atoms with Gasteiger partial charge in [0.2, 0.25) is 5.91 Å². The van der Waals surface area contributed by atoms with Gasteiger partial charge in [0, 0.05) is 43.9 Å². The van der Waals surface area contributed by atoms with Crippen LogP contribution in [0.15, 0.2) is 36.5 Å². The SMILES string of the molecule is CCn1ccc(C(=O)N2CCN(C)[C@@H](C(=O)NCCCc3ccccc3Cl)C2)n1. The van der Waals surface area contributed by atoms with Crippen LogP contribution in [0.2, 0.25) is 5.02 Å². The normalized spacial score (nSPS) is 17.3. The largest absolute Gasteiger partial charge is 0.355 e. The molecule has 0 bridgehead atoms. The summed E-state index contributed by atoms with van der Waals surface area (Å²) in [7, 11) is 1.92. The highest BCUT2D eigenvalue weighted by Crippen LogP contribution is 2.16. The van der Waals surface area contributed by atoms with Crippen molar-refractivity contribution in [3.05, 3.63) is 52.8 Å². The molecule has 1 aromatic carbocycles. The molecule has 0 unspecified atom stereocenters. The van der Waals surface area contributed by atoms with Crippen molar-refractivity contribution in [2.45, 2.75) is 32.4 Å². The number of halogens is 1. The summed E-state index contributed by atoms with van der Waals surface area (Å²) >= 11 is 6.18. The first-order valence-electron chi connectivity index (χ1n) is 10.0. The Morgan fingerprint density at radius 3 is 2.76 bits per heavy atom. The maximum Gasteiger partial charge on any atom is 0.274 e. The summed E-state index contributed by atoms with van der Waals surface area (Å²) < 4.78 is 1.73. The Bertz CT molecular complexity index is 853.